The number of nitrogens with one attached hydrogen (secondary N) is 1. The minimum Gasteiger partial charge on any atom is -0.494 e. The third-order valence-corrected chi connectivity index (χ3v) is 2.88. The Kier molecular flexibility index (Phi) is 3.69. The van der Waals surface area contributed by atoms with Gasteiger partial charge in [0.1, 0.15) is 5.75 Å². The Hall–Kier alpha value is -1.06. The molecule has 3 nitrogen and oxygen atoms in total. The first kappa shape index (κ1) is 12.4. The molecule has 0 aliphatic carbocycles. The van der Waals surface area contributed by atoms with E-state index in [9.17, 15) is 0 Å². The fourth-order valence-corrected chi connectivity index (χ4v) is 2.15. The first-order chi connectivity index (χ1) is 8.11. The molecule has 0 aromatic heterocycles. The molecule has 1 N–H and O–H groups in total. The van der Waals surface area contributed by atoms with Crippen molar-refractivity contribution in [3.8, 4) is 5.75 Å². The van der Waals surface area contributed by atoms with Crippen molar-refractivity contribution in [2.75, 3.05) is 19.8 Å². The predicted octanol–water partition coefficient (Wildman–Crippen LogP) is 2.52. The second-order valence-electron chi connectivity index (χ2n) is 5.10. The summed E-state index contributed by atoms with van der Waals surface area (Å²) < 4.78 is 11.2. The average Bonchev–Trinajstić information content (AvgIpc) is 2.28. The normalized spacial score (nSPS) is 23.4. The van der Waals surface area contributed by atoms with Crippen LogP contribution in [-0.2, 0) is 4.74 Å². The van der Waals surface area contributed by atoms with E-state index in [1.807, 2.05) is 19.1 Å². The van der Waals surface area contributed by atoms with Crippen molar-refractivity contribution in [1.29, 1.82) is 0 Å². The summed E-state index contributed by atoms with van der Waals surface area (Å²) in [5.74, 6) is 0.926. The molecule has 0 radical (unpaired) electrons. The highest BCUT2D eigenvalue weighted by atomic mass is 16.5. The highest BCUT2D eigenvalue weighted by Gasteiger charge is 2.28. The second kappa shape index (κ2) is 5.07. The second-order valence-corrected chi connectivity index (χ2v) is 5.10. The van der Waals surface area contributed by atoms with Gasteiger partial charge in [-0.2, -0.15) is 0 Å². The Morgan fingerprint density at radius 3 is 3.00 bits per heavy atom. The summed E-state index contributed by atoms with van der Waals surface area (Å²) >= 11 is 0. The number of hydrogen-bond donors (Lipinski definition) is 1. The van der Waals surface area contributed by atoms with Crippen molar-refractivity contribution in [2.24, 2.45) is 0 Å². The fourth-order valence-electron chi connectivity index (χ4n) is 2.15. The van der Waals surface area contributed by atoms with Crippen molar-refractivity contribution >= 4 is 0 Å². The molecule has 0 saturated carbocycles. The Morgan fingerprint density at radius 1 is 1.47 bits per heavy atom. The van der Waals surface area contributed by atoms with Crippen LogP contribution in [0.2, 0.25) is 0 Å². The maximum absolute atomic E-state index is 5.65. The van der Waals surface area contributed by atoms with E-state index in [0.29, 0.717) is 6.61 Å². The predicted molar refractivity (Wildman–Crippen MR) is 68.4 cm³/mol. The molecular weight excluding hydrogens is 214 g/mol. The molecule has 0 bridgehead atoms. The van der Waals surface area contributed by atoms with E-state index in [1.165, 1.54) is 5.56 Å². The van der Waals surface area contributed by atoms with Crippen molar-refractivity contribution in [2.45, 2.75) is 32.4 Å². The van der Waals surface area contributed by atoms with Crippen molar-refractivity contribution in [3.63, 3.8) is 0 Å². The Labute approximate surface area is 103 Å². The van der Waals surface area contributed by atoms with Gasteiger partial charge in [-0.15, -0.1) is 0 Å². The lowest BCUT2D eigenvalue weighted by Crippen LogP contribution is -2.51. The third-order valence-electron chi connectivity index (χ3n) is 2.88. The van der Waals surface area contributed by atoms with Crippen LogP contribution in [0.1, 0.15) is 32.4 Å². The summed E-state index contributed by atoms with van der Waals surface area (Å²) in [5, 5.41) is 3.60. The monoisotopic (exact) mass is 235 g/mol. The molecule has 3 heteroatoms. The standard InChI is InChI=1S/C14H21NO2/c1-4-17-12-7-5-6-11(8-12)13-9-16-10-14(2,3)15-13/h5-8,13,15H,4,9-10H2,1-3H3. The molecule has 1 aromatic rings. The van der Waals surface area contributed by atoms with Gasteiger partial charge in [0.2, 0.25) is 0 Å². The van der Waals surface area contributed by atoms with Gasteiger partial charge in [-0.3, -0.25) is 0 Å². The van der Waals surface area contributed by atoms with Crippen molar-refractivity contribution < 1.29 is 9.47 Å². The van der Waals surface area contributed by atoms with Gasteiger partial charge >= 0.3 is 0 Å². The van der Waals surface area contributed by atoms with Crippen molar-refractivity contribution in [1.82, 2.24) is 5.32 Å². The molecule has 1 aliphatic rings. The summed E-state index contributed by atoms with van der Waals surface area (Å²) in [6.07, 6.45) is 0. The van der Waals surface area contributed by atoms with Gasteiger partial charge in [-0.1, -0.05) is 12.1 Å². The van der Waals surface area contributed by atoms with E-state index < -0.39 is 0 Å². The molecular formula is C14H21NO2. The highest BCUT2D eigenvalue weighted by molar-refractivity contribution is 5.31. The maximum Gasteiger partial charge on any atom is 0.119 e. The first-order valence-corrected chi connectivity index (χ1v) is 6.19. The van der Waals surface area contributed by atoms with Gasteiger partial charge in [-0.25, -0.2) is 0 Å². The average molecular weight is 235 g/mol. The zero-order valence-electron chi connectivity index (χ0n) is 10.8. The molecule has 1 saturated heterocycles. The molecule has 0 spiro atoms. The molecule has 1 fully saturated rings. The number of rotatable bonds is 3. The molecule has 1 unspecified atom stereocenters. The third kappa shape index (κ3) is 3.20. The van der Waals surface area contributed by atoms with Crippen LogP contribution in [0, 0.1) is 0 Å². The molecule has 94 valence electrons. The van der Waals surface area contributed by atoms with Crippen LogP contribution in [-0.4, -0.2) is 25.4 Å². The van der Waals surface area contributed by atoms with E-state index in [1.54, 1.807) is 0 Å². The van der Waals surface area contributed by atoms with Crippen LogP contribution in [0.5, 0.6) is 5.75 Å². The minimum absolute atomic E-state index is 0.0323. The van der Waals surface area contributed by atoms with E-state index >= 15 is 0 Å². The van der Waals surface area contributed by atoms with Crippen molar-refractivity contribution in [3.05, 3.63) is 29.8 Å². The minimum atomic E-state index is 0.0323. The molecule has 0 amide bonds. The number of benzene rings is 1. The first-order valence-electron chi connectivity index (χ1n) is 6.19. The lowest BCUT2D eigenvalue weighted by molar-refractivity contribution is 0.0127. The lowest BCUT2D eigenvalue weighted by atomic mass is 9.99. The van der Waals surface area contributed by atoms with Gasteiger partial charge in [-0.05, 0) is 38.5 Å². The summed E-state index contributed by atoms with van der Waals surface area (Å²) in [6.45, 7) is 8.49. The van der Waals surface area contributed by atoms with Gasteiger partial charge < -0.3 is 14.8 Å². The van der Waals surface area contributed by atoms with Gasteiger partial charge in [0.05, 0.1) is 25.9 Å². The SMILES string of the molecule is CCOc1cccc(C2COCC(C)(C)N2)c1. The molecule has 1 heterocycles. The molecule has 1 aliphatic heterocycles. The summed E-state index contributed by atoms with van der Waals surface area (Å²) in [4.78, 5) is 0. The zero-order valence-corrected chi connectivity index (χ0v) is 10.8. The van der Waals surface area contributed by atoms with Gasteiger partial charge in [0.15, 0.2) is 0 Å². The number of hydrogen-bond acceptors (Lipinski definition) is 3. The van der Waals surface area contributed by atoms with E-state index in [2.05, 4.69) is 31.3 Å². The van der Waals surface area contributed by atoms with Crippen LogP contribution in [0.3, 0.4) is 0 Å². The van der Waals surface area contributed by atoms with Crippen LogP contribution in [0.15, 0.2) is 24.3 Å². The molecule has 17 heavy (non-hydrogen) atoms. The summed E-state index contributed by atoms with van der Waals surface area (Å²) in [6, 6.07) is 8.47. The number of morpholine rings is 1. The molecule has 1 aromatic carbocycles. The largest absolute Gasteiger partial charge is 0.494 e. The molecule has 2 rings (SSSR count). The Bertz CT molecular complexity index is 376. The van der Waals surface area contributed by atoms with Crippen LogP contribution in [0.25, 0.3) is 0 Å². The van der Waals surface area contributed by atoms with Gasteiger partial charge in [0.25, 0.3) is 0 Å². The van der Waals surface area contributed by atoms with E-state index in [-0.39, 0.29) is 11.6 Å². The lowest BCUT2D eigenvalue weighted by Gasteiger charge is -2.37. The fraction of sp³-hybridized carbons (Fsp3) is 0.571. The summed E-state index contributed by atoms with van der Waals surface area (Å²) in [5.41, 5.74) is 1.26. The maximum atomic E-state index is 5.65. The smallest absolute Gasteiger partial charge is 0.119 e. The molecule has 1 atom stereocenters. The van der Waals surface area contributed by atoms with E-state index in [4.69, 9.17) is 9.47 Å². The topological polar surface area (TPSA) is 30.5 Å². The number of ether oxygens (including phenoxy) is 2. The van der Waals surface area contributed by atoms with E-state index in [0.717, 1.165) is 19.0 Å². The van der Waals surface area contributed by atoms with Gasteiger partial charge in [0, 0.05) is 5.54 Å². The highest BCUT2D eigenvalue weighted by Crippen LogP contribution is 2.25. The summed E-state index contributed by atoms with van der Waals surface area (Å²) in [7, 11) is 0. The zero-order chi connectivity index (χ0) is 12.3. The van der Waals surface area contributed by atoms with Crippen LogP contribution < -0.4 is 10.1 Å². The van der Waals surface area contributed by atoms with Crippen LogP contribution in [0.4, 0.5) is 0 Å². The van der Waals surface area contributed by atoms with Crippen LogP contribution >= 0.6 is 0 Å². The Morgan fingerprint density at radius 2 is 2.29 bits per heavy atom. The Balaban J connectivity index is 2.13. The quantitative estimate of drug-likeness (QED) is 0.873.